The highest BCUT2D eigenvalue weighted by Gasteiger charge is 2.03. The molecule has 2 heterocycles. The van der Waals surface area contributed by atoms with Gasteiger partial charge in [0.15, 0.2) is 0 Å². The van der Waals surface area contributed by atoms with Crippen molar-refractivity contribution in [3.8, 4) is 0 Å². The van der Waals surface area contributed by atoms with Crippen molar-refractivity contribution in [2.75, 3.05) is 5.43 Å². The van der Waals surface area contributed by atoms with E-state index in [-0.39, 0.29) is 5.56 Å². The summed E-state index contributed by atoms with van der Waals surface area (Å²) in [5, 5.41) is 3.96. The molecule has 82 valence electrons. The fourth-order valence-corrected chi connectivity index (χ4v) is 1.36. The Bertz CT molecular complexity index is 536. The lowest BCUT2D eigenvalue weighted by molar-refractivity contribution is 0.638. The second kappa shape index (κ2) is 4.54. The van der Waals surface area contributed by atoms with Crippen molar-refractivity contribution in [3.05, 3.63) is 52.6 Å². The maximum atomic E-state index is 11.5. The topological polar surface area (TPSA) is 85.8 Å². The summed E-state index contributed by atoms with van der Waals surface area (Å²) in [5.41, 5.74) is 3.13. The zero-order valence-electron chi connectivity index (χ0n) is 8.50. The number of nitrogen functional groups attached to an aromatic ring is 1. The molecule has 2 aromatic rings. The number of pyridine rings is 1. The van der Waals surface area contributed by atoms with E-state index >= 15 is 0 Å². The van der Waals surface area contributed by atoms with Gasteiger partial charge in [-0.1, -0.05) is 6.07 Å². The molecule has 0 aliphatic rings. The van der Waals surface area contributed by atoms with Crippen LogP contribution in [0.5, 0.6) is 0 Å². The van der Waals surface area contributed by atoms with Crippen LogP contribution in [0.2, 0.25) is 0 Å². The SMILES string of the molecule is NNc1ncccc1Cn1ncccc1=O. The standard InChI is InChI=1S/C10H11N5O/c11-14-10-8(3-1-5-12-10)7-15-9(16)4-2-6-13-15/h1-6H,7,11H2,(H,12,14). The van der Waals surface area contributed by atoms with E-state index in [9.17, 15) is 4.79 Å². The summed E-state index contributed by atoms with van der Waals surface area (Å²) in [6.45, 7) is 0.340. The van der Waals surface area contributed by atoms with Gasteiger partial charge >= 0.3 is 0 Å². The Hall–Kier alpha value is -2.21. The first kappa shape index (κ1) is 10.3. The molecular weight excluding hydrogens is 206 g/mol. The van der Waals surface area contributed by atoms with Gasteiger partial charge in [-0.25, -0.2) is 15.5 Å². The van der Waals surface area contributed by atoms with E-state index in [0.29, 0.717) is 12.4 Å². The van der Waals surface area contributed by atoms with Gasteiger partial charge in [-0.2, -0.15) is 5.10 Å². The molecule has 0 aliphatic carbocycles. The van der Waals surface area contributed by atoms with Crippen LogP contribution in [0.3, 0.4) is 0 Å². The molecule has 0 saturated carbocycles. The first-order valence-corrected chi connectivity index (χ1v) is 4.74. The zero-order chi connectivity index (χ0) is 11.4. The lowest BCUT2D eigenvalue weighted by Gasteiger charge is -2.07. The molecule has 0 fully saturated rings. The molecule has 3 N–H and O–H groups in total. The number of nitrogens with one attached hydrogen (secondary N) is 1. The number of aromatic nitrogens is 3. The summed E-state index contributed by atoms with van der Waals surface area (Å²) in [6.07, 6.45) is 3.19. The van der Waals surface area contributed by atoms with Crippen molar-refractivity contribution in [3.63, 3.8) is 0 Å². The Balaban J connectivity index is 2.34. The van der Waals surface area contributed by atoms with Gasteiger partial charge < -0.3 is 5.43 Å². The predicted molar refractivity (Wildman–Crippen MR) is 59.6 cm³/mol. The Morgan fingerprint density at radius 2 is 2.12 bits per heavy atom. The van der Waals surface area contributed by atoms with Gasteiger partial charge in [0, 0.05) is 24.0 Å². The van der Waals surface area contributed by atoms with Gasteiger partial charge in [-0.05, 0) is 12.1 Å². The number of hydrogen-bond donors (Lipinski definition) is 2. The van der Waals surface area contributed by atoms with Crippen LogP contribution in [-0.4, -0.2) is 14.8 Å². The first-order chi connectivity index (χ1) is 7.81. The Labute approximate surface area is 91.7 Å². The summed E-state index contributed by atoms with van der Waals surface area (Å²) in [5.74, 6) is 5.86. The van der Waals surface area contributed by atoms with Crippen molar-refractivity contribution in [2.45, 2.75) is 6.54 Å². The van der Waals surface area contributed by atoms with Crippen molar-refractivity contribution >= 4 is 5.82 Å². The predicted octanol–water partition coefficient (Wildman–Crippen LogP) is -0.0278. The van der Waals surface area contributed by atoms with Crippen LogP contribution in [0.25, 0.3) is 0 Å². The first-order valence-electron chi connectivity index (χ1n) is 4.74. The van der Waals surface area contributed by atoms with E-state index < -0.39 is 0 Å². The van der Waals surface area contributed by atoms with Crippen LogP contribution in [0.4, 0.5) is 5.82 Å². The number of anilines is 1. The van der Waals surface area contributed by atoms with Gasteiger partial charge in [-0.3, -0.25) is 4.79 Å². The average Bonchev–Trinajstić information content (AvgIpc) is 2.33. The highest BCUT2D eigenvalue weighted by atomic mass is 16.1. The maximum Gasteiger partial charge on any atom is 0.267 e. The fourth-order valence-electron chi connectivity index (χ4n) is 1.36. The molecule has 6 nitrogen and oxygen atoms in total. The van der Waals surface area contributed by atoms with Crippen molar-refractivity contribution in [1.82, 2.24) is 14.8 Å². The van der Waals surface area contributed by atoms with Gasteiger partial charge in [-0.15, -0.1) is 0 Å². The van der Waals surface area contributed by atoms with Crippen molar-refractivity contribution in [1.29, 1.82) is 0 Å². The third-order valence-electron chi connectivity index (χ3n) is 2.13. The van der Waals surface area contributed by atoms with Crippen LogP contribution in [0.1, 0.15) is 5.56 Å². The van der Waals surface area contributed by atoms with Crippen LogP contribution < -0.4 is 16.8 Å². The van der Waals surface area contributed by atoms with Gasteiger partial charge in [0.05, 0.1) is 6.54 Å². The Kier molecular flexibility index (Phi) is 2.93. The number of nitrogens with two attached hydrogens (primary N) is 1. The third-order valence-corrected chi connectivity index (χ3v) is 2.13. The Morgan fingerprint density at radius 1 is 1.31 bits per heavy atom. The average molecular weight is 217 g/mol. The molecule has 0 atom stereocenters. The third kappa shape index (κ3) is 2.06. The second-order valence-electron chi connectivity index (χ2n) is 3.18. The molecule has 0 spiro atoms. The summed E-state index contributed by atoms with van der Waals surface area (Å²) >= 11 is 0. The minimum atomic E-state index is -0.158. The van der Waals surface area contributed by atoms with E-state index in [1.54, 1.807) is 24.5 Å². The lowest BCUT2D eigenvalue weighted by atomic mass is 10.2. The summed E-state index contributed by atoms with van der Waals surface area (Å²) in [6, 6.07) is 6.68. The maximum absolute atomic E-state index is 11.5. The number of hydrogen-bond acceptors (Lipinski definition) is 5. The van der Waals surface area contributed by atoms with Crippen molar-refractivity contribution < 1.29 is 0 Å². The fraction of sp³-hybridized carbons (Fsp3) is 0.100. The molecule has 0 aliphatic heterocycles. The summed E-state index contributed by atoms with van der Waals surface area (Å²) in [4.78, 5) is 15.5. The van der Waals surface area contributed by atoms with Gasteiger partial charge in [0.25, 0.3) is 5.56 Å². The van der Waals surface area contributed by atoms with Gasteiger partial charge in [0.1, 0.15) is 5.82 Å². The van der Waals surface area contributed by atoms with E-state index in [2.05, 4.69) is 15.5 Å². The summed E-state index contributed by atoms with van der Waals surface area (Å²) < 4.78 is 1.35. The highest BCUT2D eigenvalue weighted by Crippen LogP contribution is 2.09. The molecule has 6 heteroatoms. The molecule has 0 unspecified atom stereocenters. The van der Waals surface area contributed by atoms with Gasteiger partial charge in [0.2, 0.25) is 0 Å². The lowest BCUT2D eigenvalue weighted by Crippen LogP contribution is -2.23. The number of nitrogens with zero attached hydrogens (tertiary/aromatic N) is 3. The van der Waals surface area contributed by atoms with Crippen LogP contribution in [0.15, 0.2) is 41.5 Å². The quantitative estimate of drug-likeness (QED) is 0.557. The van der Waals surface area contributed by atoms with Crippen LogP contribution in [0, 0.1) is 0 Å². The number of hydrazine groups is 1. The molecule has 0 aromatic carbocycles. The highest BCUT2D eigenvalue weighted by molar-refractivity contribution is 5.42. The molecule has 0 saturated heterocycles. The van der Waals surface area contributed by atoms with Crippen molar-refractivity contribution in [2.24, 2.45) is 5.84 Å². The monoisotopic (exact) mass is 217 g/mol. The summed E-state index contributed by atoms with van der Waals surface area (Å²) in [7, 11) is 0. The van der Waals surface area contributed by atoms with Crippen LogP contribution >= 0.6 is 0 Å². The minimum absolute atomic E-state index is 0.158. The second-order valence-corrected chi connectivity index (χ2v) is 3.18. The normalized spacial score (nSPS) is 10.1. The molecule has 0 radical (unpaired) electrons. The van der Waals surface area contributed by atoms with E-state index in [1.165, 1.54) is 10.7 Å². The van der Waals surface area contributed by atoms with E-state index in [0.717, 1.165) is 5.56 Å². The molecule has 0 amide bonds. The molecule has 0 bridgehead atoms. The molecule has 2 rings (SSSR count). The van der Waals surface area contributed by atoms with E-state index in [1.807, 2.05) is 6.07 Å². The largest absolute Gasteiger partial charge is 0.308 e. The molecule has 16 heavy (non-hydrogen) atoms. The Morgan fingerprint density at radius 3 is 2.88 bits per heavy atom. The smallest absolute Gasteiger partial charge is 0.267 e. The molecular formula is C10H11N5O. The minimum Gasteiger partial charge on any atom is -0.308 e. The molecule has 2 aromatic heterocycles. The van der Waals surface area contributed by atoms with E-state index in [4.69, 9.17) is 5.84 Å². The zero-order valence-corrected chi connectivity index (χ0v) is 8.50. The van der Waals surface area contributed by atoms with Crippen LogP contribution in [-0.2, 0) is 6.54 Å². The number of rotatable bonds is 3.